The van der Waals surface area contributed by atoms with Gasteiger partial charge in [-0.1, -0.05) is 12.1 Å². The van der Waals surface area contributed by atoms with Crippen LogP contribution in [0.2, 0.25) is 0 Å². The topological polar surface area (TPSA) is 69.6 Å². The summed E-state index contributed by atoms with van der Waals surface area (Å²) in [6.45, 7) is 2.53. The number of aromatic nitrogens is 4. The summed E-state index contributed by atoms with van der Waals surface area (Å²) < 4.78 is 1.63. The number of hydrogen-bond donors (Lipinski definition) is 1. The van der Waals surface area contributed by atoms with Crippen LogP contribution in [0.4, 0.5) is 0 Å². The zero-order valence-electron chi connectivity index (χ0n) is 7.88. The summed E-state index contributed by atoms with van der Waals surface area (Å²) >= 11 is 0. The zero-order valence-corrected chi connectivity index (χ0v) is 7.88. The van der Waals surface area contributed by atoms with Crippen LogP contribution in [-0.2, 0) is 6.54 Å². The second kappa shape index (κ2) is 3.55. The van der Waals surface area contributed by atoms with E-state index in [1.54, 1.807) is 11.0 Å². The molecular weight excluding hydrogens is 178 g/mol. The SMILES string of the molecule is Cc1ccc(CN)cc1-n1cnnn1. The van der Waals surface area contributed by atoms with Crippen molar-refractivity contribution in [2.45, 2.75) is 13.5 Å². The highest BCUT2D eigenvalue weighted by Crippen LogP contribution is 2.13. The molecule has 14 heavy (non-hydrogen) atoms. The van der Waals surface area contributed by atoms with Gasteiger partial charge in [-0.05, 0) is 34.5 Å². The van der Waals surface area contributed by atoms with Gasteiger partial charge in [0.2, 0.25) is 0 Å². The van der Waals surface area contributed by atoms with Crippen molar-refractivity contribution in [2.24, 2.45) is 5.73 Å². The molecule has 0 saturated heterocycles. The molecule has 1 aromatic carbocycles. The second-order valence-electron chi connectivity index (χ2n) is 3.08. The summed E-state index contributed by atoms with van der Waals surface area (Å²) in [5.74, 6) is 0. The number of nitrogens with two attached hydrogens (primary N) is 1. The third-order valence-corrected chi connectivity index (χ3v) is 2.11. The number of aryl methyl sites for hydroxylation is 1. The monoisotopic (exact) mass is 189 g/mol. The molecule has 1 aromatic heterocycles. The molecule has 1 heterocycles. The van der Waals surface area contributed by atoms with Crippen LogP contribution in [0.5, 0.6) is 0 Å². The minimum absolute atomic E-state index is 0.523. The number of nitrogens with zero attached hydrogens (tertiary/aromatic N) is 4. The van der Waals surface area contributed by atoms with Gasteiger partial charge in [-0.2, -0.15) is 0 Å². The van der Waals surface area contributed by atoms with Gasteiger partial charge in [0.1, 0.15) is 6.33 Å². The van der Waals surface area contributed by atoms with E-state index in [0.717, 1.165) is 16.8 Å². The number of benzene rings is 1. The van der Waals surface area contributed by atoms with E-state index in [1.807, 2.05) is 25.1 Å². The first kappa shape index (κ1) is 8.83. The molecule has 0 saturated carbocycles. The predicted molar refractivity (Wildman–Crippen MR) is 51.8 cm³/mol. The van der Waals surface area contributed by atoms with Gasteiger partial charge in [0.25, 0.3) is 0 Å². The van der Waals surface area contributed by atoms with Gasteiger partial charge in [0, 0.05) is 6.54 Å². The molecule has 2 rings (SSSR count). The summed E-state index contributed by atoms with van der Waals surface area (Å²) in [5, 5.41) is 11.0. The molecule has 0 unspecified atom stereocenters. The Labute approximate surface area is 81.5 Å². The van der Waals surface area contributed by atoms with E-state index >= 15 is 0 Å². The fraction of sp³-hybridized carbons (Fsp3) is 0.222. The second-order valence-corrected chi connectivity index (χ2v) is 3.08. The average molecular weight is 189 g/mol. The molecule has 0 amide bonds. The fourth-order valence-corrected chi connectivity index (χ4v) is 1.30. The first-order valence-corrected chi connectivity index (χ1v) is 4.34. The molecule has 0 aliphatic heterocycles. The van der Waals surface area contributed by atoms with E-state index in [4.69, 9.17) is 5.73 Å². The molecule has 0 radical (unpaired) electrons. The largest absolute Gasteiger partial charge is 0.326 e. The van der Waals surface area contributed by atoms with Crippen molar-refractivity contribution in [2.75, 3.05) is 0 Å². The minimum atomic E-state index is 0.523. The number of tetrazole rings is 1. The predicted octanol–water partition coefficient (Wildman–Crippen LogP) is 0.429. The Bertz CT molecular complexity index is 421. The van der Waals surface area contributed by atoms with Crippen LogP contribution in [0.3, 0.4) is 0 Å². The smallest absolute Gasteiger partial charge is 0.143 e. The van der Waals surface area contributed by atoms with Gasteiger partial charge in [-0.3, -0.25) is 0 Å². The molecule has 0 atom stereocenters. The van der Waals surface area contributed by atoms with Crippen LogP contribution in [0.25, 0.3) is 5.69 Å². The lowest BCUT2D eigenvalue weighted by Crippen LogP contribution is -2.02. The van der Waals surface area contributed by atoms with Crippen molar-refractivity contribution >= 4 is 0 Å². The molecule has 72 valence electrons. The molecule has 0 bridgehead atoms. The highest BCUT2D eigenvalue weighted by atomic mass is 15.5. The van der Waals surface area contributed by atoms with Crippen molar-refractivity contribution in [3.63, 3.8) is 0 Å². The quantitative estimate of drug-likeness (QED) is 0.743. The highest BCUT2D eigenvalue weighted by Gasteiger charge is 2.02. The van der Waals surface area contributed by atoms with Crippen molar-refractivity contribution in [3.8, 4) is 5.69 Å². The van der Waals surface area contributed by atoms with Crippen molar-refractivity contribution < 1.29 is 0 Å². The van der Waals surface area contributed by atoms with Crippen LogP contribution in [0, 0.1) is 6.92 Å². The van der Waals surface area contributed by atoms with Crippen molar-refractivity contribution in [1.82, 2.24) is 20.2 Å². The van der Waals surface area contributed by atoms with Crippen molar-refractivity contribution in [1.29, 1.82) is 0 Å². The molecule has 5 heteroatoms. The molecular formula is C9H11N5. The average Bonchev–Trinajstić information content (AvgIpc) is 2.71. The summed E-state index contributed by atoms with van der Waals surface area (Å²) in [7, 11) is 0. The molecule has 5 nitrogen and oxygen atoms in total. The van der Waals surface area contributed by atoms with E-state index < -0.39 is 0 Å². The van der Waals surface area contributed by atoms with Crippen LogP contribution < -0.4 is 5.73 Å². The lowest BCUT2D eigenvalue weighted by molar-refractivity contribution is 0.783. The van der Waals surface area contributed by atoms with E-state index in [0.29, 0.717) is 6.54 Å². The summed E-state index contributed by atoms with van der Waals surface area (Å²) in [4.78, 5) is 0. The van der Waals surface area contributed by atoms with Crippen molar-refractivity contribution in [3.05, 3.63) is 35.7 Å². The first-order valence-electron chi connectivity index (χ1n) is 4.34. The Morgan fingerprint density at radius 2 is 2.29 bits per heavy atom. The Morgan fingerprint density at radius 1 is 1.43 bits per heavy atom. The molecule has 0 fully saturated rings. The molecule has 0 aliphatic rings. The maximum absolute atomic E-state index is 5.56. The lowest BCUT2D eigenvalue weighted by atomic mass is 10.1. The Kier molecular flexibility index (Phi) is 2.24. The maximum Gasteiger partial charge on any atom is 0.143 e. The van der Waals surface area contributed by atoms with Crippen LogP contribution in [-0.4, -0.2) is 20.2 Å². The van der Waals surface area contributed by atoms with Gasteiger partial charge in [-0.15, -0.1) is 5.10 Å². The number of hydrogen-bond acceptors (Lipinski definition) is 4. The fourth-order valence-electron chi connectivity index (χ4n) is 1.30. The summed E-state index contributed by atoms with van der Waals surface area (Å²) in [6, 6.07) is 6.01. The number of rotatable bonds is 2. The Hall–Kier alpha value is -1.75. The Balaban J connectivity index is 2.51. The van der Waals surface area contributed by atoms with E-state index in [2.05, 4.69) is 15.5 Å². The third-order valence-electron chi connectivity index (χ3n) is 2.11. The van der Waals surface area contributed by atoms with Gasteiger partial charge in [0.15, 0.2) is 0 Å². The molecule has 0 aliphatic carbocycles. The van der Waals surface area contributed by atoms with Gasteiger partial charge in [-0.25, -0.2) is 4.68 Å². The van der Waals surface area contributed by atoms with Gasteiger partial charge in [0.05, 0.1) is 5.69 Å². The minimum Gasteiger partial charge on any atom is -0.326 e. The Morgan fingerprint density at radius 3 is 2.93 bits per heavy atom. The molecule has 0 spiro atoms. The third kappa shape index (κ3) is 1.49. The lowest BCUT2D eigenvalue weighted by Gasteiger charge is -2.05. The van der Waals surface area contributed by atoms with Crippen LogP contribution in [0.15, 0.2) is 24.5 Å². The van der Waals surface area contributed by atoms with E-state index in [9.17, 15) is 0 Å². The van der Waals surface area contributed by atoms with Gasteiger partial charge >= 0.3 is 0 Å². The van der Waals surface area contributed by atoms with Crippen LogP contribution >= 0.6 is 0 Å². The van der Waals surface area contributed by atoms with Crippen LogP contribution in [0.1, 0.15) is 11.1 Å². The van der Waals surface area contributed by atoms with Gasteiger partial charge < -0.3 is 5.73 Å². The first-order chi connectivity index (χ1) is 6.81. The summed E-state index contributed by atoms with van der Waals surface area (Å²) in [6.07, 6.45) is 1.57. The standard InChI is InChI=1S/C9H11N5/c1-7-2-3-8(5-10)4-9(7)14-6-11-12-13-14/h2-4,6H,5,10H2,1H3. The normalized spacial score (nSPS) is 10.4. The zero-order chi connectivity index (χ0) is 9.97. The highest BCUT2D eigenvalue weighted by molar-refractivity contribution is 5.42. The maximum atomic E-state index is 5.56. The van der Waals surface area contributed by atoms with E-state index in [1.165, 1.54) is 0 Å². The molecule has 2 N–H and O–H groups in total. The molecule has 2 aromatic rings. The van der Waals surface area contributed by atoms with E-state index in [-0.39, 0.29) is 0 Å². The summed E-state index contributed by atoms with van der Waals surface area (Å²) in [5.41, 5.74) is 8.72.